The first kappa shape index (κ1) is 18.4. The second kappa shape index (κ2) is 8.78. The van der Waals surface area contributed by atoms with Gasteiger partial charge in [0.1, 0.15) is 5.75 Å². The molecule has 0 bridgehead atoms. The van der Waals surface area contributed by atoms with Crippen molar-refractivity contribution in [2.45, 2.75) is 19.3 Å². The summed E-state index contributed by atoms with van der Waals surface area (Å²) in [6.07, 6.45) is 2.35. The molecule has 0 saturated carbocycles. The van der Waals surface area contributed by atoms with Crippen molar-refractivity contribution < 1.29 is 14.3 Å². The number of hydrogen-bond donors (Lipinski definition) is 1. The topological polar surface area (TPSA) is 75.9 Å². The molecule has 0 unspecified atom stereocenters. The summed E-state index contributed by atoms with van der Waals surface area (Å²) in [6, 6.07) is 6.74. The van der Waals surface area contributed by atoms with E-state index in [1.165, 1.54) is 0 Å². The molecule has 1 saturated heterocycles. The van der Waals surface area contributed by atoms with E-state index in [9.17, 15) is 9.59 Å². The molecule has 24 heavy (non-hydrogen) atoms. The maximum atomic E-state index is 12.5. The molecule has 1 aliphatic rings. The molecule has 1 aromatic rings. The van der Waals surface area contributed by atoms with Crippen molar-refractivity contribution >= 4 is 23.5 Å². The van der Waals surface area contributed by atoms with Crippen LogP contribution in [0.2, 0.25) is 5.02 Å². The van der Waals surface area contributed by atoms with Crippen molar-refractivity contribution in [3.63, 3.8) is 0 Å². The van der Waals surface area contributed by atoms with Gasteiger partial charge in [-0.2, -0.15) is 0 Å². The largest absolute Gasteiger partial charge is 0.494 e. The summed E-state index contributed by atoms with van der Waals surface area (Å²) in [5.74, 6) is 0.665. The van der Waals surface area contributed by atoms with Gasteiger partial charge in [0.2, 0.25) is 5.91 Å². The SMILES string of the molecule is CN(CCCOc1ccc(Cl)cc1)C(=O)[C@@H]1CCCN(C(N)=O)C1. The predicted octanol–water partition coefficient (Wildman–Crippen LogP) is 2.36. The molecule has 3 amide bonds. The lowest BCUT2D eigenvalue weighted by molar-refractivity contribution is -0.135. The van der Waals surface area contributed by atoms with Gasteiger partial charge in [-0.3, -0.25) is 4.79 Å². The Hall–Kier alpha value is -1.95. The molecule has 2 N–H and O–H groups in total. The minimum absolute atomic E-state index is 0.0624. The standard InChI is InChI=1S/C17H24ClN3O3/c1-20(9-3-11-24-15-7-5-14(18)6-8-15)16(22)13-4-2-10-21(12-13)17(19)23/h5-8,13H,2-4,9-12H2,1H3,(H2,19,23)/t13-/m1/s1. The van der Waals surface area contributed by atoms with Gasteiger partial charge < -0.3 is 20.3 Å². The number of rotatable bonds is 6. The molecule has 7 heteroatoms. The normalized spacial score (nSPS) is 17.4. The Morgan fingerprint density at radius 1 is 1.38 bits per heavy atom. The van der Waals surface area contributed by atoms with Gasteiger partial charge in [-0.05, 0) is 43.5 Å². The number of carbonyl (C=O) groups excluding carboxylic acids is 2. The van der Waals surface area contributed by atoms with Crippen molar-refractivity contribution in [1.82, 2.24) is 9.80 Å². The molecular weight excluding hydrogens is 330 g/mol. The van der Waals surface area contributed by atoms with Crippen LogP contribution >= 0.6 is 11.6 Å². The first-order valence-corrected chi connectivity index (χ1v) is 8.53. The number of benzene rings is 1. The summed E-state index contributed by atoms with van der Waals surface area (Å²) < 4.78 is 5.62. The lowest BCUT2D eigenvalue weighted by atomic mass is 9.97. The first-order chi connectivity index (χ1) is 11.5. The van der Waals surface area contributed by atoms with E-state index < -0.39 is 6.03 Å². The zero-order valence-electron chi connectivity index (χ0n) is 13.9. The molecule has 6 nitrogen and oxygen atoms in total. The van der Waals surface area contributed by atoms with Crippen molar-refractivity contribution in [3.05, 3.63) is 29.3 Å². The fourth-order valence-electron chi connectivity index (χ4n) is 2.82. The summed E-state index contributed by atoms with van der Waals surface area (Å²) in [4.78, 5) is 27.0. The van der Waals surface area contributed by atoms with Crippen molar-refractivity contribution in [2.75, 3.05) is 33.3 Å². The molecule has 0 aromatic heterocycles. The van der Waals surface area contributed by atoms with Gasteiger partial charge in [0, 0.05) is 31.7 Å². The Morgan fingerprint density at radius 2 is 2.08 bits per heavy atom. The third kappa shape index (κ3) is 5.30. The quantitative estimate of drug-likeness (QED) is 0.797. The van der Waals surface area contributed by atoms with Gasteiger partial charge in [0.15, 0.2) is 0 Å². The summed E-state index contributed by atoms with van der Waals surface area (Å²) in [5, 5.41) is 0.671. The molecule has 1 atom stereocenters. The molecule has 1 aromatic carbocycles. The Labute approximate surface area is 147 Å². The number of piperidine rings is 1. The molecule has 0 radical (unpaired) electrons. The van der Waals surface area contributed by atoms with Crippen LogP contribution in [0.1, 0.15) is 19.3 Å². The van der Waals surface area contributed by atoms with Crippen LogP contribution in [0.4, 0.5) is 4.79 Å². The number of ether oxygens (including phenoxy) is 1. The molecule has 1 fully saturated rings. The van der Waals surface area contributed by atoms with E-state index in [4.69, 9.17) is 22.1 Å². The highest BCUT2D eigenvalue weighted by Gasteiger charge is 2.29. The first-order valence-electron chi connectivity index (χ1n) is 8.15. The summed E-state index contributed by atoms with van der Waals surface area (Å²) >= 11 is 5.82. The Morgan fingerprint density at radius 3 is 2.75 bits per heavy atom. The van der Waals surface area contributed by atoms with E-state index in [1.54, 1.807) is 29.0 Å². The molecule has 1 aliphatic heterocycles. The fourth-order valence-corrected chi connectivity index (χ4v) is 2.95. The third-order valence-electron chi connectivity index (χ3n) is 4.18. The van der Waals surface area contributed by atoms with Gasteiger partial charge in [-0.15, -0.1) is 0 Å². The van der Waals surface area contributed by atoms with Crippen LogP contribution in [-0.2, 0) is 4.79 Å². The molecule has 0 spiro atoms. The average Bonchev–Trinajstić information content (AvgIpc) is 2.59. The van der Waals surface area contributed by atoms with E-state index in [2.05, 4.69) is 0 Å². The van der Waals surface area contributed by atoms with Crippen LogP contribution in [0.5, 0.6) is 5.75 Å². The highest BCUT2D eigenvalue weighted by atomic mass is 35.5. The van der Waals surface area contributed by atoms with E-state index >= 15 is 0 Å². The van der Waals surface area contributed by atoms with Crippen LogP contribution in [-0.4, -0.2) is 55.0 Å². The number of primary amides is 1. The monoisotopic (exact) mass is 353 g/mol. The molecule has 0 aliphatic carbocycles. The van der Waals surface area contributed by atoms with Crippen LogP contribution in [0.15, 0.2) is 24.3 Å². The van der Waals surface area contributed by atoms with Gasteiger partial charge in [0.05, 0.1) is 12.5 Å². The van der Waals surface area contributed by atoms with Crippen LogP contribution in [0, 0.1) is 5.92 Å². The Balaban J connectivity index is 1.71. The summed E-state index contributed by atoms with van der Waals surface area (Å²) in [6.45, 7) is 2.19. The van der Waals surface area contributed by atoms with Crippen molar-refractivity contribution in [1.29, 1.82) is 0 Å². The van der Waals surface area contributed by atoms with Crippen LogP contribution in [0.3, 0.4) is 0 Å². The van der Waals surface area contributed by atoms with Crippen molar-refractivity contribution in [3.8, 4) is 5.75 Å². The summed E-state index contributed by atoms with van der Waals surface area (Å²) in [7, 11) is 1.79. The fraction of sp³-hybridized carbons (Fsp3) is 0.529. The zero-order valence-corrected chi connectivity index (χ0v) is 14.7. The van der Waals surface area contributed by atoms with Gasteiger partial charge in [0.25, 0.3) is 0 Å². The van der Waals surface area contributed by atoms with Crippen molar-refractivity contribution in [2.24, 2.45) is 11.7 Å². The van der Waals surface area contributed by atoms with E-state index in [0.717, 1.165) is 25.0 Å². The highest BCUT2D eigenvalue weighted by Crippen LogP contribution is 2.19. The minimum Gasteiger partial charge on any atom is -0.494 e. The zero-order chi connectivity index (χ0) is 17.5. The van der Waals surface area contributed by atoms with Gasteiger partial charge >= 0.3 is 6.03 Å². The van der Waals surface area contributed by atoms with Crippen LogP contribution in [0.25, 0.3) is 0 Å². The van der Waals surface area contributed by atoms with E-state index in [0.29, 0.717) is 31.3 Å². The van der Waals surface area contributed by atoms with Gasteiger partial charge in [-0.25, -0.2) is 4.79 Å². The Bertz CT molecular complexity index is 565. The molecular formula is C17H24ClN3O3. The van der Waals surface area contributed by atoms with E-state index in [-0.39, 0.29) is 11.8 Å². The lowest BCUT2D eigenvalue weighted by Gasteiger charge is -2.33. The summed E-state index contributed by atoms with van der Waals surface area (Å²) in [5.41, 5.74) is 5.31. The lowest BCUT2D eigenvalue weighted by Crippen LogP contribution is -2.47. The number of likely N-dealkylation sites (tertiary alicyclic amines) is 1. The second-order valence-electron chi connectivity index (χ2n) is 6.04. The predicted molar refractivity (Wildman–Crippen MR) is 93.1 cm³/mol. The average molecular weight is 354 g/mol. The smallest absolute Gasteiger partial charge is 0.314 e. The van der Waals surface area contributed by atoms with Crippen LogP contribution < -0.4 is 10.5 Å². The number of amides is 3. The molecule has 2 rings (SSSR count). The van der Waals surface area contributed by atoms with E-state index in [1.807, 2.05) is 12.1 Å². The number of carbonyl (C=O) groups is 2. The minimum atomic E-state index is -0.452. The highest BCUT2D eigenvalue weighted by molar-refractivity contribution is 6.30. The Kier molecular flexibility index (Phi) is 6.73. The van der Waals surface area contributed by atoms with Gasteiger partial charge in [-0.1, -0.05) is 11.6 Å². The second-order valence-corrected chi connectivity index (χ2v) is 6.48. The third-order valence-corrected chi connectivity index (χ3v) is 4.43. The maximum Gasteiger partial charge on any atom is 0.314 e. The number of hydrogen-bond acceptors (Lipinski definition) is 3. The molecule has 132 valence electrons. The number of urea groups is 1. The maximum absolute atomic E-state index is 12.5. The number of nitrogens with zero attached hydrogens (tertiary/aromatic N) is 2. The molecule has 1 heterocycles. The number of halogens is 1. The number of nitrogens with two attached hydrogens (primary N) is 1.